The Bertz CT molecular complexity index is 1170. The van der Waals surface area contributed by atoms with Gasteiger partial charge in [-0.2, -0.15) is 0 Å². The Hall–Kier alpha value is -2.85. The Morgan fingerprint density at radius 1 is 0.926 bits per heavy atom. The first kappa shape index (κ1) is 16.3. The molecule has 4 nitrogen and oxygen atoms in total. The zero-order chi connectivity index (χ0) is 18.2. The average Bonchev–Trinajstić information content (AvgIpc) is 3.35. The summed E-state index contributed by atoms with van der Waals surface area (Å²) in [4.78, 5) is 17.2. The number of hydrogen-bond donors (Lipinski definition) is 1. The fourth-order valence-corrected chi connectivity index (χ4v) is 4.24. The molecule has 4 heteroatoms. The monoisotopic (exact) mass is 357 g/mol. The number of rotatable bonds is 4. The van der Waals surface area contributed by atoms with Crippen molar-refractivity contribution in [2.75, 3.05) is 19.6 Å². The van der Waals surface area contributed by atoms with E-state index in [4.69, 9.17) is 0 Å². The average molecular weight is 357 g/mol. The van der Waals surface area contributed by atoms with Gasteiger partial charge in [-0.05, 0) is 66.7 Å². The molecule has 1 saturated heterocycles. The number of benzene rings is 2. The van der Waals surface area contributed by atoms with Crippen LogP contribution < -0.4 is 5.56 Å². The lowest BCUT2D eigenvalue weighted by Gasteiger charge is -2.15. The summed E-state index contributed by atoms with van der Waals surface area (Å²) in [6.07, 6.45) is 4.87. The fourth-order valence-electron chi connectivity index (χ4n) is 4.24. The highest BCUT2D eigenvalue weighted by atomic mass is 16.1. The van der Waals surface area contributed by atoms with E-state index in [1.165, 1.54) is 42.4 Å². The third-order valence-corrected chi connectivity index (χ3v) is 5.71. The molecule has 0 amide bonds. The van der Waals surface area contributed by atoms with E-state index in [-0.39, 0.29) is 5.56 Å². The van der Waals surface area contributed by atoms with E-state index in [2.05, 4.69) is 63.1 Å². The van der Waals surface area contributed by atoms with Gasteiger partial charge in [-0.15, -0.1) is 0 Å². The first-order valence-corrected chi connectivity index (χ1v) is 9.72. The smallest absolute Gasteiger partial charge is 0.248 e. The summed E-state index contributed by atoms with van der Waals surface area (Å²) in [6, 6.07) is 18.4. The first-order chi connectivity index (χ1) is 13.3. The zero-order valence-electron chi connectivity index (χ0n) is 15.3. The minimum atomic E-state index is -0.0640. The summed E-state index contributed by atoms with van der Waals surface area (Å²) in [5, 5.41) is 2.31. The fraction of sp³-hybridized carbons (Fsp3) is 0.261. The quantitative estimate of drug-likeness (QED) is 0.593. The topological polar surface area (TPSA) is 41.0 Å². The molecule has 27 heavy (non-hydrogen) atoms. The van der Waals surface area contributed by atoms with Gasteiger partial charge in [0.1, 0.15) is 0 Å². The van der Waals surface area contributed by atoms with Crippen molar-refractivity contribution in [3.8, 4) is 11.1 Å². The highest BCUT2D eigenvalue weighted by Gasteiger charge is 2.12. The van der Waals surface area contributed by atoms with Crippen molar-refractivity contribution in [3.63, 3.8) is 0 Å². The molecule has 1 N–H and O–H groups in total. The summed E-state index contributed by atoms with van der Waals surface area (Å²) >= 11 is 0. The van der Waals surface area contributed by atoms with Gasteiger partial charge in [0.25, 0.3) is 0 Å². The Morgan fingerprint density at radius 3 is 2.67 bits per heavy atom. The molecule has 1 aliphatic rings. The van der Waals surface area contributed by atoms with Gasteiger partial charge in [-0.3, -0.25) is 4.79 Å². The molecule has 0 saturated carbocycles. The number of aromatic amines is 1. The molecule has 3 heterocycles. The van der Waals surface area contributed by atoms with Gasteiger partial charge in [-0.25, -0.2) is 0 Å². The van der Waals surface area contributed by atoms with E-state index in [1.807, 2.05) is 6.07 Å². The molecule has 1 aliphatic heterocycles. The SMILES string of the molecule is O=c1ccc2ccc(-c3cccc4c3ccn4CCN3CCCC3)cc2[nH]1. The van der Waals surface area contributed by atoms with E-state index in [0.717, 1.165) is 29.6 Å². The molecule has 0 aliphatic carbocycles. The molecule has 0 atom stereocenters. The number of nitrogens with one attached hydrogen (secondary N) is 1. The highest BCUT2D eigenvalue weighted by molar-refractivity contribution is 5.97. The number of aromatic nitrogens is 2. The van der Waals surface area contributed by atoms with Crippen LogP contribution in [0.15, 0.2) is 65.6 Å². The van der Waals surface area contributed by atoms with E-state index in [0.29, 0.717) is 0 Å². The van der Waals surface area contributed by atoms with Crippen molar-refractivity contribution in [1.29, 1.82) is 0 Å². The van der Waals surface area contributed by atoms with E-state index >= 15 is 0 Å². The van der Waals surface area contributed by atoms with Crippen LogP contribution in [0.3, 0.4) is 0 Å². The summed E-state index contributed by atoms with van der Waals surface area (Å²) in [6.45, 7) is 4.61. The van der Waals surface area contributed by atoms with Crippen LogP contribution in [-0.4, -0.2) is 34.1 Å². The molecule has 136 valence electrons. The normalized spacial score (nSPS) is 15.1. The maximum Gasteiger partial charge on any atom is 0.248 e. The third kappa shape index (κ3) is 3.06. The van der Waals surface area contributed by atoms with Crippen LogP contribution >= 0.6 is 0 Å². The second-order valence-electron chi connectivity index (χ2n) is 7.42. The van der Waals surface area contributed by atoms with E-state index in [1.54, 1.807) is 6.07 Å². The molecule has 0 spiro atoms. The van der Waals surface area contributed by atoms with Crippen LogP contribution in [0.5, 0.6) is 0 Å². The van der Waals surface area contributed by atoms with Gasteiger partial charge < -0.3 is 14.5 Å². The lowest BCUT2D eigenvalue weighted by Crippen LogP contribution is -2.23. The molecule has 2 aromatic heterocycles. The van der Waals surface area contributed by atoms with Gasteiger partial charge in [0, 0.05) is 41.8 Å². The summed E-state index contributed by atoms with van der Waals surface area (Å²) in [5.74, 6) is 0. The van der Waals surface area contributed by atoms with Crippen molar-refractivity contribution < 1.29 is 0 Å². The van der Waals surface area contributed by atoms with Crippen molar-refractivity contribution in [2.24, 2.45) is 0 Å². The Morgan fingerprint density at radius 2 is 1.78 bits per heavy atom. The molecular weight excluding hydrogens is 334 g/mol. The van der Waals surface area contributed by atoms with E-state index in [9.17, 15) is 4.79 Å². The summed E-state index contributed by atoms with van der Waals surface area (Å²) < 4.78 is 2.36. The zero-order valence-corrected chi connectivity index (χ0v) is 15.3. The maximum absolute atomic E-state index is 11.7. The van der Waals surface area contributed by atoms with Crippen molar-refractivity contribution in [2.45, 2.75) is 19.4 Å². The van der Waals surface area contributed by atoms with Gasteiger partial charge in [0.15, 0.2) is 0 Å². The van der Waals surface area contributed by atoms with E-state index < -0.39 is 0 Å². The standard InChI is InChI=1S/C23H23N3O/c27-23-9-8-17-6-7-18(16-21(17)24-23)19-4-3-5-22-20(19)10-13-26(22)15-14-25-11-1-2-12-25/h3-10,13,16H,1-2,11-12,14-15H2,(H,24,27). The number of hydrogen-bond acceptors (Lipinski definition) is 2. The van der Waals surface area contributed by atoms with Crippen molar-refractivity contribution in [1.82, 2.24) is 14.5 Å². The van der Waals surface area contributed by atoms with Crippen LogP contribution in [0.25, 0.3) is 32.9 Å². The molecule has 1 fully saturated rings. The third-order valence-electron chi connectivity index (χ3n) is 5.71. The lowest BCUT2D eigenvalue weighted by molar-refractivity contribution is 0.324. The predicted molar refractivity (Wildman–Crippen MR) is 111 cm³/mol. The first-order valence-electron chi connectivity index (χ1n) is 9.72. The van der Waals surface area contributed by atoms with Gasteiger partial charge >= 0.3 is 0 Å². The van der Waals surface area contributed by atoms with Gasteiger partial charge in [0.2, 0.25) is 5.56 Å². The lowest BCUT2D eigenvalue weighted by atomic mass is 10.0. The number of H-pyrrole nitrogens is 1. The van der Waals surface area contributed by atoms with Gasteiger partial charge in [-0.1, -0.05) is 24.3 Å². The molecule has 2 aromatic carbocycles. The van der Waals surface area contributed by atoms with Gasteiger partial charge in [0.05, 0.1) is 0 Å². The summed E-state index contributed by atoms with van der Waals surface area (Å²) in [5.41, 5.74) is 4.43. The largest absolute Gasteiger partial charge is 0.346 e. The number of pyridine rings is 1. The number of nitrogens with zero attached hydrogens (tertiary/aromatic N) is 2. The number of fused-ring (bicyclic) bond motifs is 2. The molecular formula is C23H23N3O. The molecule has 0 unspecified atom stereocenters. The summed E-state index contributed by atoms with van der Waals surface area (Å²) in [7, 11) is 0. The second-order valence-corrected chi connectivity index (χ2v) is 7.42. The minimum absolute atomic E-state index is 0.0640. The van der Waals surface area contributed by atoms with Crippen LogP contribution in [0.4, 0.5) is 0 Å². The van der Waals surface area contributed by atoms with Crippen molar-refractivity contribution >= 4 is 21.8 Å². The Balaban J connectivity index is 1.52. The van der Waals surface area contributed by atoms with Crippen molar-refractivity contribution in [3.05, 3.63) is 71.1 Å². The highest BCUT2D eigenvalue weighted by Crippen LogP contribution is 2.31. The number of likely N-dealkylation sites (tertiary alicyclic amines) is 1. The molecule has 5 rings (SSSR count). The van der Waals surface area contributed by atoms with Crippen LogP contribution in [0.1, 0.15) is 12.8 Å². The second kappa shape index (κ2) is 6.71. The molecule has 0 radical (unpaired) electrons. The molecule has 0 bridgehead atoms. The van der Waals surface area contributed by atoms with Crippen LogP contribution in [-0.2, 0) is 6.54 Å². The Kier molecular flexibility index (Phi) is 4.06. The Labute approximate surface area is 158 Å². The van der Waals surface area contributed by atoms with Crippen LogP contribution in [0.2, 0.25) is 0 Å². The minimum Gasteiger partial charge on any atom is -0.346 e. The predicted octanol–water partition coefficient (Wildman–Crippen LogP) is 4.25. The maximum atomic E-state index is 11.7. The van der Waals surface area contributed by atoms with Crippen LogP contribution in [0, 0.1) is 0 Å². The molecule has 4 aromatic rings.